The molecule has 1 aromatic carbocycles. The Balaban J connectivity index is 2.35. The minimum atomic E-state index is 0.239. The molecule has 3 heteroatoms. The Morgan fingerprint density at radius 2 is 2.00 bits per heavy atom. The number of hydrogen-bond donors (Lipinski definition) is 1. The van der Waals surface area contributed by atoms with Gasteiger partial charge in [0.15, 0.2) is 0 Å². The molecule has 0 aliphatic carbocycles. The smallest absolute Gasteiger partial charge is 0.0454 e. The van der Waals surface area contributed by atoms with Gasteiger partial charge >= 0.3 is 0 Å². The van der Waals surface area contributed by atoms with Gasteiger partial charge in [-0.05, 0) is 49.0 Å². The van der Waals surface area contributed by atoms with E-state index in [0.717, 1.165) is 35.4 Å². The van der Waals surface area contributed by atoms with Crippen molar-refractivity contribution in [2.45, 2.75) is 25.2 Å². The van der Waals surface area contributed by atoms with Crippen LogP contribution in [0.2, 0.25) is 5.02 Å². The molecular weight excluding hydrogens is 273 g/mol. The van der Waals surface area contributed by atoms with E-state index in [-0.39, 0.29) is 5.41 Å². The maximum atomic E-state index is 6.30. The molecule has 0 unspecified atom stereocenters. The SMILES string of the molecule is CC1(c2ccc(Br)cc2Cl)CCNCC1. The largest absolute Gasteiger partial charge is 0.317 e. The fourth-order valence-corrected chi connectivity index (χ4v) is 3.13. The normalized spacial score (nSPS) is 20.2. The summed E-state index contributed by atoms with van der Waals surface area (Å²) in [4.78, 5) is 0. The van der Waals surface area contributed by atoms with Crippen molar-refractivity contribution in [3.8, 4) is 0 Å². The van der Waals surface area contributed by atoms with E-state index < -0.39 is 0 Å². The number of benzene rings is 1. The van der Waals surface area contributed by atoms with Gasteiger partial charge in [-0.3, -0.25) is 0 Å². The first-order valence-electron chi connectivity index (χ1n) is 5.28. The number of halogens is 2. The quantitative estimate of drug-likeness (QED) is 0.830. The second-order valence-corrected chi connectivity index (χ2v) is 5.76. The van der Waals surface area contributed by atoms with Crippen molar-refractivity contribution in [3.05, 3.63) is 33.3 Å². The van der Waals surface area contributed by atoms with Crippen LogP contribution in [-0.2, 0) is 5.41 Å². The highest BCUT2D eigenvalue weighted by atomic mass is 79.9. The van der Waals surface area contributed by atoms with Gasteiger partial charge in [-0.2, -0.15) is 0 Å². The summed E-state index contributed by atoms with van der Waals surface area (Å²) in [5.41, 5.74) is 1.53. The van der Waals surface area contributed by atoms with Crippen molar-refractivity contribution in [2.75, 3.05) is 13.1 Å². The predicted molar refractivity (Wildman–Crippen MR) is 68.6 cm³/mol. The lowest BCUT2D eigenvalue weighted by molar-refractivity contribution is 0.335. The molecule has 1 fully saturated rings. The van der Waals surface area contributed by atoms with E-state index in [9.17, 15) is 0 Å². The van der Waals surface area contributed by atoms with Gasteiger partial charge < -0.3 is 5.32 Å². The molecule has 1 aliphatic rings. The minimum Gasteiger partial charge on any atom is -0.317 e. The van der Waals surface area contributed by atoms with Crippen LogP contribution in [0.25, 0.3) is 0 Å². The van der Waals surface area contributed by atoms with Crippen LogP contribution in [0.1, 0.15) is 25.3 Å². The van der Waals surface area contributed by atoms with E-state index in [0.29, 0.717) is 0 Å². The summed E-state index contributed by atoms with van der Waals surface area (Å²) in [6, 6.07) is 6.22. The van der Waals surface area contributed by atoms with Gasteiger partial charge in [0, 0.05) is 9.50 Å². The van der Waals surface area contributed by atoms with Crippen LogP contribution < -0.4 is 5.32 Å². The second-order valence-electron chi connectivity index (χ2n) is 4.43. The fraction of sp³-hybridized carbons (Fsp3) is 0.500. The van der Waals surface area contributed by atoms with E-state index in [1.165, 1.54) is 5.56 Å². The summed E-state index contributed by atoms with van der Waals surface area (Å²) in [5, 5.41) is 4.27. The third kappa shape index (κ3) is 2.38. The van der Waals surface area contributed by atoms with Crippen LogP contribution in [-0.4, -0.2) is 13.1 Å². The van der Waals surface area contributed by atoms with Gasteiger partial charge in [-0.1, -0.05) is 40.5 Å². The van der Waals surface area contributed by atoms with Gasteiger partial charge in [-0.15, -0.1) is 0 Å². The first-order chi connectivity index (χ1) is 7.12. The van der Waals surface area contributed by atoms with Crippen molar-refractivity contribution in [2.24, 2.45) is 0 Å². The molecule has 15 heavy (non-hydrogen) atoms. The Labute approximate surface area is 104 Å². The molecule has 0 amide bonds. The average molecular weight is 289 g/mol. The molecule has 0 spiro atoms. The molecule has 1 heterocycles. The zero-order chi connectivity index (χ0) is 10.9. The van der Waals surface area contributed by atoms with E-state index in [1.54, 1.807) is 0 Å². The molecule has 0 radical (unpaired) electrons. The van der Waals surface area contributed by atoms with Crippen LogP contribution in [0.4, 0.5) is 0 Å². The first-order valence-corrected chi connectivity index (χ1v) is 6.45. The summed E-state index contributed by atoms with van der Waals surface area (Å²) in [7, 11) is 0. The summed E-state index contributed by atoms with van der Waals surface area (Å²) >= 11 is 9.74. The Kier molecular flexibility index (Phi) is 3.39. The molecule has 82 valence electrons. The van der Waals surface area contributed by atoms with E-state index in [2.05, 4.69) is 40.3 Å². The van der Waals surface area contributed by atoms with E-state index >= 15 is 0 Å². The maximum Gasteiger partial charge on any atom is 0.0454 e. The van der Waals surface area contributed by atoms with E-state index in [1.807, 2.05) is 6.07 Å². The standard InChI is InChI=1S/C12H15BrClN/c1-12(4-6-15-7-5-12)10-3-2-9(13)8-11(10)14/h2-3,8,15H,4-7H2,1H3. The van der Waals surface area contributed by atoms with Crippen LogP contribution in [0.3, 0.4) is 0 Å². The molecule has 1 aromatic rings. The monoisotopic (exact) mass is 287 g/mol. The molecule has 0 saturated carbocycles. The molecule has 2 rings (SSSR count). The molecule has 1 saturated heterocycles. The average Bonchev–Trinajstić information content (AvgIpc) is 2.18. The Morgan fingerprint density at radius 1 is 1.33 bits per heavy atom. The summed E-state index contributed by atoms with van der Waals surface area (Å²) in [5.74, 6) is 0. The lowest BCUT2D eigenvalue weighted by Gasteiger charge is -2.35. The summed E-state index contributed by atoms with van der Waals surface area (Å²) in [6.45, 7) is 4.48. The number of hydrogen-bond acceptors (Lipinski definition) is 1. The molecular formula is C12H15BrClN. The van der Waals surface area contributed by atoms with E-state index in [4.69, 9.17) is 11.6 Å². The predicted octanol–water partition coefficient (Wildman–Crippen LogP) is 3.74. The van der Waals surface area contributed by atoms with Gasteiger partial charge in [0.2, 0.25) is 0 Å². The fourth-order valence-electron chi connectivity index (χ4n) is 2.23. The van der Waals surface area contributed by atoms with Gasteiger partial charge in [0.1, 0.15) is 0 Å². The summed E-state index contributed by atoms with van der Waals surface area (Å²) < 4.78 is 1.05. The maximum absolute atomic E-state index is 6.30. The molecule has 1 nitrogen and oxygen atoms in total. The molecule has 0 bridgehead atoms. The molecule has 0 atom stereocenters. The van der Waals surface area contributed by atoms with Crippen molar-refractivity contribution < 1.29 is 0 Å². The van der Waals surface area contributed by atoms with Gasteiger partial charge in [-0.25, -0.2) is 0 Å². The van der Waals surface area contributed by atoms with Gasteiger partial charge in [0.25, 0.3) is 0 Å². The second kappa shape index (κ2) is 4.44. The van der Waals surface area contributed by atoms with Crippen molar-refractivity contribution in [3.63, 3.8) is 0 Å². The number of rotatable bonds is 1. The molecule has 1 N–H and O–H groups in total. The Hall–Kier alpha value is -0.0500. The highest BCUT2D eigenvalue weighted by Gasteiger charge is 2.30. The van der Waals surface area contributed by atoms with Crippen molar-refractivity contribution in [1.29, 1.82) is 0 Å². The van der Waals surface area contributed by atoms with Crippen molar-refractivity contribution in [1.82, 2.24) is 5.32 Å². The molecule has 1 aliphatic heterocycles. The third-order valence-electron chi connectivity index (χ3n) is 3.29. The Morgan fingerprint density at radius 3 is 2.60 bits per heavy atom. The highest BCUT2D eigenvalue weighted by molar-refractivity contribution is 9.10. The number of piperidine rings is 1. The summed E-state index contributed by atoms with van der Waals surface area (Å²) in [6.07, 6.45) is 2.32. The van der Waals surface area contributed by atoms with Crippen LogP contribution >= 0.6 is 27.5 Å². The molecule has 0 aromatic heterocycles. The minimum absolute atomic E-state index is 0.239. The topological polar surface area (TPSA) is 12.0 Å². The number of nitrogens with one attached hydrogen (secondary N) is 1. The third-order valence-corrected chi connectivity index (χ3v) is 4.09. The van der Waals surface area contributed by atoms with Crippen LogP contribution in [0.5, 0.6) is 0 Å². The zero-order valence-electron chi connectivity index (χ0n) is 8.82. The lowest BCUT2D eigenvalue weighted by atomic mass is 9.75. The van der Waals surface area contributed by atoms with Crippen molar-refractivity contribution >= 4 is 27.5 Å². The first kappa shape index (κ1) is 11.4. The highest BCUT2D eigenvalue weighted by Crippen LogP contribution is 2.37. The van der Waals surface area contributed by atoms with Crippen LogP contribution in [0.15, 0.2) is 22.7 Å². The zero-order valence-corrected chi connectivity index (χ0v) is 11.2. The van der Waals surface area contributed by atoms with Gasteiger partial charge in [0.05, 0.1) is 0 Å². The van der Waals surface area contributed by atoms with Crippen LogP contribution in [0, 0.1) is 0 Å². The lowest BCUT2D eigenvalue weighted by Crippen LogP contribution is -2.37. The Bertz CT molecular complexity index is 359.